The fraction of sp³-hybridized carbons (Fsp3) is 0.714. The first-order valence-electron chi connectivity index (χ1n) is 8.01. The number of rotatable bonds is 7. The number of nitrogens with zero attached hydrogens (tertiary/aromatic N) is 2. The molecule has 3 heterocycles. The van der Waals surface area contributed by atoms with Crippen molar-refractivity contribution in [3.05, 3.63) is 22.6 Å². The molecule has 0 radical (unpaired) electrons. The van der Waals surface area contributed by atoms with E-state index >= 15 is 0 Å². The Labute approximate surface area is 143 Å². The van der Waals surface area contributed by atoms with Gasteiger partial charge in [-0.15, -0.1) is 0 Å². The van der Waals surface area contributed by atoms with Crippen molar-refractivity contribution in [3.63, 3.8) is 0 Å². The highest BCUT2D eigenvalue weighted by Gasteiger charge is 2.64. The molecule has 2 aliphatic heterocycles. The molecule has 0 saturated carbocycles. The van der Waals surface area contributed by atoms with Crippen LogP contribution in [0.5, 0.6) is 6.01 Å². The van der Waals surface area contributed by atoms with Crippen LogP contribution in [-0.4, -0.2) is 64.1 Å². The summed E-state index contributed by atoms with van der Waals surface area (Å²) in [5.74, 6) is 0. The van der Waals surface area contributed by atoms with E-state index in [1.165, 1.54) is 16.8 Å². The monoisotopic (exact) mass is 376 g/mol. The number of hydrogen-bond acceptors (Lipinski definition) is 9. The summed E-state index contributed by atoms with van der Waals surface area (Å²) in [6.45, 7) is 3.21. The Morgan fingerprint density at radius 1 is 1.40 bits per heavy atom. The number of hydrogen-bond donors (Lipinski definition) is 2. The van der Waals surface area contributed by atoms with Crippen LogP contribution in [0, 0.1) is 0 Å². The van der Waals surface area contributed by atoms with E-state index in [4.69, 9.17) is 18.5 Å². The molecular formula is C14H21N2O8P. The molecule has 3 rings (SSSR count). The quantitative estimate of drug-likeness (QED) is 0.615. The number of ether oxygens (including phenoxy) is 2. The van der Waals surface area contributed by atoms with Gasteiger partial charge in [0.15, 0.2) is 11.8 Å². The molecule has 0 unspecified atom stereocenters. The summed E-state index contributed by atoms with van der Waals surface area (Å²) in [6.07, 6.45) is -2.06. The van der Waals surface area contributed by atoms with E-state index < -0.39 is 43.8 Å². The zero-order valence-electron chi connectivity index (χ0n) is 13.9. The molecule has 25 heavy (non-hydrogen) atoms. The maximum Gasteiger partial charge on any atom is 0.335 e. The summed E-state index contributed by atoms with van der Waals surface area (Å²) in [5.41, 5.74) is -1.99. The Morgan fingerprint density at radius 3 is 2.68 bits per heavy atom. The molecule has 1 fully saturated rings. The molecule has 0 spiro atoms. The SMILES string of the molecule is CCOP(=O)(C[C@@]12O[C@H](CO)[C@@H](O)[C@@H]1Oc1nc(=O)ccn12)OCC. The minimum Gasteiger partial charge on any atom is -0.453 e. The summed E-state index contributed by atoms with van der Waals surface area (Å²) < 4.78 is 36.6. The van der Waals surface area contributed by atoms with Crippen LogP contribution >= 0.6 is 7.60 Å². The van der Waals surface area contributed by atoms with Gasteiger partial charge in [0.05, 0.1) is 19.8 Å². The van der Waals surface area contributed by atoms with Gasteiger partial charge in [0.2, 0.25) is 0 Å². The highest BCUT2D eigenvalue weighted by molar-refractivity contribution is 7.53. The van der Waals surface area contributed by atoms with Crippen molar-refractivity contribution in [1.82, 2.24) is 9.55 Å². The van der Waals surface area contributed by atoms with Gasteiger partial charge in [0.1, 0.15) is 18.4 Å². The number of aromatic nitrogens is 2. The fourth-order valence-corrected chi connectivity index (χ4v) is 5.24. The fourth-order valence-electron chi connectivity index (χ4n) is 3.24. The lowest BCUT2D eigenvalue weighted by Crippen LogP contribution is -2.46. The smallest absolute Gasteiger partial charge is 0.335 e. The molecule has 0 aliphatic carbocycles. The third-order valence-corrected chi connectivity index (χ3v) is 6.30. The van der Waals surface area contributed by atoms with Gasteiger partial charge in [0.25, 0.3) is 5.56 Å². The molecule has 1 aromatic heterocycles. The van der Waals surface area contributed by atoms with Crippen LogP contribution in [0.25, 0.3) is 0 Å². The van der Waals surface area contributed by atoms with Gasteiger partial charge in [-0.2, -0.15) is 4.98 Å². The second-order valence-electron chi connectivity index (χ2n) is 5.74. The van der Waals surface area contributed by atoms with Crippen LogP contribution in [0.3, 0.4) is 0 Å². The van der Waals surface area contributed by atoms with Gasteiger partial charge >= 0.3 is 13.6 Å². The summed E-state index contributed by atoms with van der Waals surface area (Å²) in [5, 5.41) is 19.9. The van der Waals surface area contributed by atoms with Gasteiger partial charge in [-0.05, 0) is 13.8 Å². The molecule has 0 bridgehead atoms. The van der Waals surface area contributed by atoms with Crippen molar-refractivity contribution in [1.29, 1.82) is 0 Å². The van der Waals surface area contributed by atoms with Gasteiger partial charge in [0, 0.05) is 12.3 Å². The van der Waals surface area contributed by atoms with Crippen LogP contribution in [0.2, 0.25) is 0 Å². The molecule has 10 nitrogen and oxygen atoms in total. The topological polar surface area (TPSA) is 129 Å². The Morgan fingerprint density at radius 2 is 2.08 bits per heavy atom. The Bertz CT molecular complexity index is 730. The third kappa shape index (κ3) is 3.03. The molecule has 11 heteroatoms. The summed E-state index contributed by atoms with van der Waals surface area (Å²) in [4.78, 5) is 15.2. The molecule has 2 aliphatic rings. The average molecular weight is 376 g/mol. The van der Waals surface area contributed by atoms with Crippen molar-refractivity contribution in [2.24, 2.45) is 0 Å². The molecule has 0 aromatic carbocycles. The van der Waals surface area contributed by atoms with Crippen LogP contribution in [0.15, 0.2) is 17.1 Å². The van der Waals surface area contributed by atoms with E-state index in [1.807, 2.05) is 0 Å². The van der Waals surface area contributed by atoms with Crippen molar-refractivity contribution in [2.45, 2.75) is 37.9 Å². The number of aliphatic hydroxyl groups excluding tert-OH is 2. The van der Waals surface area contributed by atoms with Gasteiger partial charge < -0.3 is 28.7 Å². The maximum atomic E-state index is 13.1. The zero-order chi connectivity index (χ0) is 18.2. The van der Waals surface area contributed by atoms with Crippen LogP contribution in [0.1, 0.15) is 13.8 Å². The highest BCUT2D eigenvalue weighted by Crippen LogP contribution is 2.57. The van der Waals surface area contributed by atoms with Crippen molar-refractivity contribution >= 4 is 7.60 Å². The average Bonchev–Trinajstić information content (AvgIpc) is 2.98. The largest absolute Gasteiger partial charge is 0.453 e. The normalized spacial score (nSPS) is 30.8. The van der Waals surface area contributed by atoms with Crippen LogP contribution < -0.4 is 10.3 Å². The first-order chi connectivity index (χ1) is 11.9. The Balaban J connectivity index is 2.07. The van der Waals surface area contributed by atoms with E-state index in [0.717, 1.165) is 0 Å². The first-order valence-corrected chi connectivity index (χ1v) is 9.73. The molecule has 140 valence electrons. The highest BCUT2D eigenvalue weighted by atomic mass is 31.2. The number of fused-ring (bicyclic) bond motifs is 3. The predicted octanol–water partition coefficient (Wildman–Crippen LogP) is -0.325. The minimum atomic E-state index is -3.60. The minimum absolute atomic E-state index is 0.0625. The molecule has 2 N–H and O–H groups in total. The van der Waals surface area contributed by atoms with Gasteiger partial charge in [-0.25, -0.2) is 0 Å². The Hall–Kier alpha value is -1.29. The van der Waals surface area contributed by atoms with Crippen molar-refractivity contribution in [2.75, 3.05) is 26.0 Å². The molecular weight excluding hydrogens is 355 g/mol. The molecule has 4 atom stereocenters. The van der Waals surface area contributed by atoms with E-state index in [2.05, 4.69) is 4.98 Å². The molecule has 0 amide bonds. The van der Waals surface area contributed by atoms with Crippen LogP contribution in [-0.2, 0) is 24.1 Å². The second kappa shape index (κ2) is 6.79. The summed E-state index contributed by atoms with van der Waals surface area (Å²) in [6, 6.07) is 1.14. The Kier molecular flexibility index (Phi) is 5.02. The third-order valence-electron chi connectivity index (χ3n) is 4.16. The van der Waals surface area contributed by atoms with Gasteiger partial charge in [-0.3, -0.25) is 13.9 Å². The molecule has 1 aromatic rings. The summed E-state index contributed by atoms with van der Waals surface area (Å²) >= 11 is 0. The van der Waals surface area contributed by atoms with E-state index in [1.54, 1.807) is 13.8 Å². The lowest BCUT2D eigenvalue weighted by molar-refractivity contribution is -0.108. The molecule has 1 saturated heterocycles. The van der Waals surface area contributed by atoms with Crippen LogP contribution in [0.4, 0.5) is 0 Å². The van der Waals surface area contributed by atoms with Crippen molar-refractivity contribution < 1.29 is 33.3 Å². The van der Waals surface area contributed by atoms with E-state index in [-0.39, 0.29) is 25.4 Å². The zero-order valence-corrected chi connectivity index (χ0v) is 14.8. The lowest BCUT2D eigenvalue weighted by Gasteiger charge is -2.31. The second-order valence-corrected chi connectivity index (χ2v) is 7.79. The number of aliphatic hydroxyl groups is 2. The summed E-state index contributed by atoms with van der Waals surface area (Å²) in [7, 11) is -3.60. The van der Waals surface area contributed by atoms with E-state index in [0.29, 0.717) is 0 Å². The maximum absolute atomic E-state index is 13.1. The predicted molar refractivity (Wildman–Crippen MR) is 84.6 cm³/mol. The van der Waals surface area contributed by atoms with E-state index in [9.17, 15) is 19.6 Å². The standard InChI is InChI=1S/C14H21N2O8P/c1-3-21-25(20,22-4-2)8-14-12(11(19)9(7-17)24-14)23-13-15-10(18)5-6-16(13)14/h5-6,9,11-12,17,19H,3-4,7-8H2,1-2H3/t9-,11-,12+,14-/m1/s1. The first kappa shape index (κ1) is 18.5. The van der Waals surface area contributed by atoms with Gasteiger partial charge in [-0.1, -0.05) is 0 Å². The lowest BCUT2D eigenvalue weighted by atomic mass is 10.0. The van der Waals surface area contributed by atoms with Crippen molar-refractivity contribution in [3.8, 4) is 6.01 Å².